The molecule has 1 aromatic carbocycles. The van der Waals surface area contributed by atoms with Crippen LogP contribution in [-0.2, 0) is 4.74 Å². The lowest BCUT2D eigenvalue weighted by Crippen LogP contribution is -2.42. The molecule has 1 aliphatic heterocycles. The Kier molecular flexibility index (Phi) is 5.96. The van der Waals surface area contributed by atoms with E-state index in [9.17, 15) is 4.79 Å². The smallest absolute Gasteiger partial charge is 0.327 e. The number of rotatable bonds is 5. The Morgan fingerprint density at radius 1 is 1.26 bits per heavy atom. The first-order valence-electron chi connectivity index (χ1n) is 9.73. The van der Waals surface area contributed by atoms with Crippen molar-refractivity contribution in [2.24, 2.45) is 0 Å². The molecule has 1 fully saturated rings. The summed E-state index contributed by atoms with van der Waals surface area (Å²) in [5.41, 5.74) is 6.35. The van der Waals surface area contributed by atoms with Gasteiger partial charge in [-0.3, -0.25) is 4.79 Å². The number of morpholine rings is 1. The van der Waals surface area contributed by atoms with Crippen LogP contribution in [0.15, 0.2) is 30.5 Å². The highest BCUT2D eigenvalue weighted by molar-refractivity contribution is 7.18. The molecule has 31 heavy (non-hydrogen) atoms. The largest absolute Gasteiger partial charge is 0.424 e. The number of ether oxygens (including phenoxy) is 2. The van der Waals surface area contributed by atoms with E-state index in [0.29, 0.717) is 47.9 Å². The summed E-state index contributed by atoms with van der Waals surface area (Å²) in [4.78, 5) is 34.0. The van der Waals surface area contributed by atoms with E-state index in [4.69, 9.17) is 15.2 Å². The second kappa shape index (κ2) is 8.82. The van der Waals surface area contributed by atoms with Crippen LogP contribution in [0, 0.1) is 0 Å². The number of anilines is 2. The predicted molar refractivity (Wildman–Crippen MR) is 118 cm³/mol. The van der Waals surface area contributed by atoms with Crippen LogP contribution in [-0.4, -0.2) is 70.6 Å². The van der Waals surface area contributed by atoms with Crippen LogP contribution in [0.3, 0.4) is 0 Å². The lowest BCUT2D eigenvalue weighted by molar-refractivity contribution is 0.0526. The van der Waals surface area contributed by atoms with Gasteiger partial charge in [0.05, 0.1) is 23.8 Å². The summed E-state index contributed by atoms with van der Waals surface area (Å²) < 4.78 is 11.5. The van der Waals surface area contributed by atoms with Crippen molar-refractivity contribution in [1.82, 2.24) is 24.8 Å². The maximum atomic E-state index is 12.1. The van der Waals surface area contributed by atoms with Crippen LogP contribution in [0.1, 0.15) is 17.3 Å². The second-order valence-corrected chi connectivity index (χ2v) is 8.32. The molecular formula is C20H23N7O3S. The van der Waals surface area contributed by atoms with Crippen molar-refractivity contribution in [3.05, 3.63) is 36.0 Å². The molecule has 2 N–H and O–H groups in total. The normalized spacial score (nSPS) is 16.2. The first-order chi connectivity index (χ1) is 14.9. The predicted octanol–water partition coefficient (Wildman–Crippen LogP) is 2.30. The van der Waals surface area contributed by atoms with Gasteiger partial charge in [0.15, 0.2) is 11.0 Å². The molecule has 0 bridgehead atoms. The van der Waals surface area contributed by atoms with Gasteiger partial charge >= 0.3 is 6.01 Å². The Labute approximate surface area is 183 Å². The Morgan fingerprint density at radius 2 is 2.03 bits per heavy atom. The summed E-state index contributed by atoms with van der Waals surface area (Å²) in [6.07, 6.45) is 1.70. The van der Waals surface area contributed by atoms with Crippen LogP contribution in [0.4, 0.5) is 11.1 Å². The summed E-state index contributed by atoms with van der Waals surface area (Å²) in [5.74, 6) is 1.37. The number of aromatic nitrogens is 4. The number of nitrogens with zero attached hydrogens (tertiary/aromatic N) is 6. The van der Waals surface area contributed by atoms with Gasteiger partial charge in [-0.2, -0.15) is 15.0 Å². The quantitative estimate of drug-likeness (QED) is 0.636. The fourth-order valence-electron chi connectivity index (χ4n) is 3.06. The Hall–Kier alpha value is -3.31. The molecule has 10 nitrogen and oxygen atoms in total. The fourth-order valence-corrected chi connectivity index (χ4v) is 3.68. The fraction of sp³-hybridized carbons (Fsp3) is 0.350. The topological polar surface area (TPSA) is 120 Å². The number of amides is 1. The van der Waals surface area contributed by atoms with Crippen molar-refractivity contribution in [2.45, 2.75) is 13.0 Å². The van der Waals surface area contributed by atoms with Crippen LogP contribution in [0.25, 0.3) is 10.7 Å². The van der Waals surface area contributed by atoms with E-state index in [1.165, 1.54) is 16.2 Å². The van der Waals surface area contributed by atoms with Gasteiger partial charge in [-0.25, -0.2) is 4.98 Å². The van der Waals surface area contributed by atoms with Gasteiger partial charge in [0.25, 0.3) is 5.91 Å². The number of nitrogen functional groups attached to an aromatic ring is 1. The zero-order valence-electron chi connectivity index (χ0n) is 17.5. The Balaban J connectivity index is 1.64. The number of nitrogens with two attached hydrogens (primary N) is 1. The minimum Gasteiger partial charge on any atom is -0.424 e. The highest BCUT2D eigenvalue weighted by atomic mass is 32.1. The third-order valence-corrected chi connectivity index (χ3v) is 5.41. The van der Waals surface area contributed by atoms with E-state index < -0.39 is 0 Å². The van der Waals surface area contributed by atoms with Gasteiger partial charge in [-0.1, -0.05) is 11.3 Å². The molecule has 0 spiro atoms. The minimum absolute atomic E-state index is 0.0687. The highest BCUT2D eigenvalue weighted by Gasteiger charge is 2.22. The molecule has 3 heterocycles. The lowest BCUT2D eigenvalue weighted by atomic mass is 10.2. The first-order valence-corrected chi connectivity index (χ1v) is 10.5. The standard InChI is InChI=1S/C20H23N7O3S/c1-12-11-27(8-9-29-12)19-23-16(15-10-22-18(21)31-15)24-20(25-19)30-14-6-4-13(5-7-14)17(28)26(2)3/h4-7,10,12H,8-9,11H2,1-3H3,(H2,21,22)/t12-/m1/s1. The molecule has 4 rings (SSSR count). The van der Waals surface area contributed by atoms with Crippen molar-refractivity contribution in [3.8, 4) is 22.5 Å². The third-order valence-electron chi connectivity index (χ3n) is 4.59. The van der Waals surface area contributed by atoms with E-state index in [2.05, 4.69) is 19.9 Å². The number of hydrogen-bond acceptors (Lipinski definition) is 10. The summed E-state index contributed by atoms with van der Waals surface area (Å²) in [5, 5.41) is 0.431. The van der Waals surface area contributed by atoms with Crippen LogP contribution in [0.2, 0.25) is 0 Å². The molecule has 0 unspecified atom stereocenters. The van der Waals surface area contributed by atoms with Crippen LogP contribution >= 0.6 is 11.3 Å². The molecule has 1 amide bonds. The molecule has 0 radical (unpaired) electrons. The van der Waals surface area contributed by atoms with E-state index in [1.54, 1.807) is 44.6 Å². The van der Waals surface area contributed by atoms with E-state index in [-0.39, 0.29) is 18.0 Å². The van der Waals surface area contributed by atoms with Crippen molar-refractivity contribution >= 4 is 28.3 Å². The van der Waals surface area contributed by atoms with Crippen molar-refractivity contribution < 1.29 is 14.3 Å². The van der Waals surface area contributed by atoms with Crippen molar-refractivity contribution in [1.29, 1.82) is 0 Å². The van der Waals surface area contributed by atoms with Gasteiger partial charge in [-0.05, 0) is 31.2 Å². The van der Waals surface area contributed by atoms with Gasteiger partial charge in [0.2, 0.25) is 5.95 Å². The molecule has 11 heteroatoms. The number of carbonyl (C=O) groups excluding carboxylic acids is 1. The molecule has 0 aliphatic carbocycles. The molecule has 1 saturated heterocycles. The number of thiazole rings is 1. The molecule has 162 valence electrons. The van der Waals surface area contributed by atoms with E-state index >= 15 is 0 Å². The molecule has 0 saturated carbocycles. The average molecular weight is 442 g/mol. The zero-order chi connectivity index (χ0) is 22.0. The molecule has 2 aromatic heterocycles. The number of carbonyl (C=O) groups is 1. The first kappa shape index (κ1) is 20.9. The Bertz CT molecular complexity index is 1070. The lowest BCUT2D eigenvalue weighted by Gasteiger charge is -2.31. The monoisotopic (exact) mass is 441 g/mol. The molecule has 1 atom stereocenters. The zero-order valence-corrected chi connectivity index (χ0v) is 18.3. The second-order valence-electron chi connectivity index (χ2n) is 7.26. The highest BCUT2D eigenvalue weighted by Crippen LogP contribution is 2.29. The SMILES string of the molecule is C[C@@H]1CN(c2nc(Oc3ccc(C(=O)N(C)C)cc3)nc(-c3cnc(N)s3)n2)CCO1. The number of benzene rings is 1. The van der Waals surface area contributed by atoms with Crippen LogP contribution in [0.5, 0.6) is 11.8 Å². The Morgan fingerprint density at radius 3 is 2.68 bits per heavy atom. The summed E-state index contributed by atoms with van der Waals surface area (Å²) in [6.45, 7) is 3.92. The van der Waals surface area contributed by atoms with Crippen molar-refractivity contribution in [3.63, 3.8) is 0 Å². The molecule has 3 aromatic rings. The number of hydrogen-bond donors (Lipinski definition) is 1. The summed E-state index contributed by atoms with van der Waals surface area (Å²) in [7, 11) is 3.42. The molecular weight excluding hydrogens is 418 g/mol. The average Bonchev–Trinajstić information content (AvgIpc) is 3.20. The maximum absolute atomic E-state index is 12.1. The summed E-state index contributed by atoms with van der Waals surface area (Å²) in [6, 6.07) is 6.98. The van der Waals surface area contributed by atoms with Gasteiger partial charge in [-0.15, -0.1) is 0 Å². The van der Waals surface area contributed by atoms with E-state index in [1.807, 2.05) is 11.8 Å². The molecule has 1 aliphatic rings. The van der Waals surface area contributed by atoms with Crippen LogP contribution < -0.4 is 15.4 Å². The van der Waals surface area contributed by atoms with E-state index in [0.717, 1.165) is 4.88 Å². The third kappa shape index (κ3) is 4.89. The minimum atomic E-state index is -0.0829. The maximum Gasteiger partial charge on any atom is 0.327 e. The van der Waals surface area contributed by atoms with Gasteiger partial charge in [0.1, 0.15) is 5.75 Å². The summed E-state index contributed by atoms with van der Waals surface area (Å²) >= 11 is 1.29. The van der Waals surface area contributed by atoms with Gasteiger partial charge in [0, 0.05) is 32.7 Å². The van der Waals surface area contributed by atoms with Crippen molar-refractivity contribution in [2.75, 3.05) is 44.4 Å². The van der Waals surface area contributed by atoms with Gasteiger partial charge < -0.3 is 25.0 Å².